The second-order valence-corrected chi connectivity index (χ2v) is 4.91. The Kier molecular flexibility index (Phi) is 2.90. The fraction of sp³-hybridized carbons (Fsp3) is 0.385. The van der Waals surface area contributed by atoms with Crippen molar-refractivity contribution >= 4 is 23.3 Å². The molecule has 1 aliphatic rings. The van der Waals surface area contributed by atoms with Crippen molar-refractivity contribution in [3.63, 3.8) is 0 Å². The first-order valence-corrected chi connectivity index (χ1v) is 6.43. The van der Waals surface area contributed by atoms with Crippen molar-refractivity contribution < 1.29 is 4.74 Å². The maximum absolute atomic E-state index is 8.96. The summed E-state index contributed by atoms with van der Waals surface area (Å²) >= 11 is 5.34. The van der Waals surface area contributed by atoms with Gasteiger partial charge in [0.1, 0.15) is 0 Å². The molecule has 2 heterocycles. The third-order valence-electron chi connectivity index (χ3n) is 3.31. The maximum Gasteiger partial charge on any atom is 0.178 e. The quantitative estimate of drug-likeness (QED) is 0.844. The molecule has 0 radical (unpaired) electrons. The van der Waals surface area contributed by atoms with Gasteiger partial charge in [0.15, 0.2) is 4.77 Å². The zero-order valence-corrected chi connectivity index (χ0v) is 10.7. The Bertz CT molecular complexity index is 674. The maximum atomic E-state index is 8.96. The molecule has 2 aromatic rings. The second-order valence-electron chi connectivity index (χ2n) is 4.52. The number of benzene rings is 1. The van der Waals surface area contributed by atoms with Crippen LogP contribution in [0.5, 0.6) is 0 Å². The van der Waals surface area contributed by atoms with Crippen molar-refractivity contribution in [2.24, 2.45) is 0 Å². The predicted octanol–water partition coefficient (Wildman–Crippen LogP) is 2.75. The number of nitrogens with zero attached hydrogens (tertiary/aromatic N) is 2. The molecule has 0 aliphatic carbocycles. The molecule has 1 fully saturated rings. The average molecular weight is 259 g/mol. The van der Waals surface area contributed by atoms with Crippen LogP contribution in [0.2, 0.25) is 0 Å². The Hall–Kier alpha value is -1.64. The van der Waals surface area contributed by atoms with Crippen molar-refractivity contribution in [1.82, 2.24) is 9.55 Å². The van der Waals surface area contributed by atoms with E-state index in [4.69, 9.17) is 22.2 Å². The molecule has 1 aromatic heterocycles. The average Bonchev–Trinajstić information content (AvgIpc) is 2.99. The largest absolute Gasteiger partial charge is 0.376 e. The molecular weight excluding hydrogens is 246 g/mol. The molecular formula is C13H13N3OS. The summed E-state index contributed by atoms with van der Waals surface area (Å²) in [5.74, 6) is 0. The minimum atomic E-state index is 0.237. The number of hydrogen-bond donors (Lipinski definition) is 1. The van der Waals surface area contributed by atoms with E-state index in [1.807, 2.05) is 16.7 Å². The first kappa shape index (κ1) is 11.5. The number of aromatic nitrogens is 2. The summed E-state index contributed by atoms with van der Waals surface area (Å²) in [6.45, 7) is 1.59. The van der Waals surface area contributed by atoms with Crippen molar-refractivity contribution in [3.05, 3.63) is 28.5 Å². The van der Waals surface area contributed by atoms with Gasteiger partial charge in [-0.1, -0.05) is 0 Å². The summed E-state index contributed by atoms with van der Waals surface area (Å²) < 4.78 is 8.36. The number of nitrogens with one attached hydrogen (secondary N) is 1. The minimum absolute atomic E-state index is 0.237. The highest BCUT2D eigenvalue weighted by Gasteiger charge is 2.17. The Morgan fingerprint density at radius 1 is 1.56 bits per heavy atom. The molecule has 0 spiro atoms. The monoisotopic (exact) mass is 259 g/mol. The SMILES string of the molecule is N#Cc1ccc2[nH]c(=S)n(CC3CCCO3)c2c1. The zero-order valence-electron chi connectivity index (χ0n) is 9.85. The van der Waals surface area contributed by atoms with Crippen LogP contribution in [0, 0.1) is 16.1 Å². The zero-order chi connectivity index (χ0) is 12.5. The standard InChI is InChI=1S/C13H13N3OS/c14-7-9-3-4-11-12(6-9)16(13(18)15-11)8-10-2-1-5-17-10/h3-4,6,10H,1-2,5,8H2,(H,15,18). The number of rotatable bonds is 2. The molecule has 0 amide bonds. The predicted molar refractivity (Wildman–Crippen MR) is 70.8 cm³/mol. The number of imidazole rings is 1. The molecule has 1 N–H and O–H groups in total. The van der Waals surface area contributed by atoms with E-state index in [1.54, 1.807) is 6.07 Å². The van der Waals surface area contributed by atoms with Crippen LogP contribution in [0.3, 0.4) is 0 Å². The van der Waals surface area contributed by atoms with E-state index in [9.17, 15) is 0 Å². The van der Waals surface area contributed by atoms with Gasteiger partial charge in [0.05, 0.1) is 35.3 Å². The van der Waals surface area contributed by atoms with E-state index in [1.165, 1.54) is 0 Å². The number of fused-ring (bicyclic) bond motifs is 1. The lowest BCUT2D eigenvalue weighted by Gasteiger charge is -2.11. The molecule has 0 bridgehead atoms. The van der Waals surface area contributed by atoms with Gasteiger partial charge in [-0.25, -0.2) is 0 Å². The smallest absolute Gasteiger partial charge is 0.178 e. The lowest BCUT2D eigenvalue weighted by Crippen LogP contribution is -2.14. The molecule has 18 heavy (non-hydrogen) atoms. The van der Waals surface area contributed by atoms with E-state index >= 15 is 0 Å². The number of nitriles is 1. The van der Waals surface area contributed by atoms with Crippen LogP contribution in [-0.2, 0) is 11.3 Å². The number of hydrogen-bond acceptors (Lipinski definition) is 3. The Morgan fingerprint density at radius 2 is 2.44 bits per heavy atom. The highest BCUT2D eigenvalue weighted by Crippen LogP contribution is 2.20. The summed E-state index contributed by atoms with van der Waals surface area (Å²) in [6, 6.07) is 7.72. The summed E-state index contributed by atoms with van der Waals surface area (Å²) in [5.41, 5.74) is 2.60. The van der Waals surface area contributed by atoms with Gasteiger partial charge in [-0.15, -0.1) is 0 Å². The molecule has 0 saturated carbocycles. The molecule has 1 unspecified atom stereocenters. The third kappa shape index (κ3) is 1.94. The van der Waals surface area contributed by atoms with Crippen LogP contribution < -0.4 is 0 Å². The van der Waals surface area contributed by atoms with Crippen LogP contribution in [-0.4, -0.2) is 22.3 Å². The van der Waals surface area contributed by atoms with Crippen LogP contribution in [0.4, 0.5) is 0 Å². The van der Waals surface area contributed by atoms with Gasteiger partial charge >= 0.3 is 0 Å². The first-order valence-electron chi connectivity index (χ1n) is 6.02. The van der Waals surface area contributed by atoms with Crippen LogP contribution in [0.15, 0.2) is 18.2 Å². The van der Waals surface area contributed by atoms with Gasteiger partial charge in [-0.05, 0) is 43.3 Å². The van der Waals surface area contributed by atoms with Gasteiger partial charge in [0.25, 0.3) is 0 Å². The van der Waals surface area contributed by atoms with Gasteiger partial charge < -0.3 is 14.3 Å². The molecule has 3 rings (SSSR count). The van der Waals surface area contributed by atoms with Crippen molar-refractivity contribution in [2.75, 3.05) is 6.61 Å². The van der Waals surface area contributed by atoms with E-state index < -0.39 is 0 Å². The van der Waals surface area contributed by atoms with Crippen LogP contribution >= 0.6 is 12.2 Å². The normalized spacial score (nSPS) is 19.2. The molecule has 1 saturated heterocycles. The summed E-state index contributed by atoms with van der Waals surface area (Å²) in [4.78, 5) is 3.17. The van der Waals surface area contributed by atoms with E-state index in [0.717, 1.165) is 37.0 Å². The second kappa shape index (κ2) is 4.56. The molecule has 92 valence electrons. The third-order valence-corrected chi connectivity index (χ3v) is 3.64. The van der Waals surface area contributed by atoms with Crippen molar-refractivity contribution in [2.45, 2.75) is 25.5 Å². The lowest BCUT2D eigenvalue weighted by molar-refractivity contribution is 0.0976. The number of aromatic amines is 1. The summed E-state index contributed by atoms with van der Waals surface area (Å²) in [5, 5.41) is 8.96. The molecule has 4 nitrogen and oxygen atoms in total. The van der Waals surface area contributed by atoms with E-state index in [-0.39, 0.29) is 6.10 Å². The molecule has 1 aromatic carbocycles. The molecule has 1 atom stereocenters. The number of H-pyrrole nitrogens is 1. The molecule has 5 heteroatoms. The molecule has 1 aliphatic heterocycles. The first-order chi connectivity index (χ1) is 8.78. The Labute approximate surface area is 110 Å². The van der Waals surface area contributed by atoms with Gasteiger partial charge in [0.2, 0.25) is 0 Å². The van der Waals surface area contributed by atoms with Crippen molar-refractivity contribution in [3.8, 4) is 6.07 Å². The number of ether oxygens (including phenoxy) is 1. The summed E-state index contributed by atoms with van der Waals surface area (Å²) in [6.07, 6.45) is 2.43. The Balaban J connectivity index is 2.06. The Morgan fingerprint density at radius 3 is 3.17 bits per heavy atom. The van der Waals surface area contributed by atoms with Gasteiger partial charge in [-0.3, -0.25) is 0 Å². The van der Waals surface area contributed by atoms with Crippen LogP contribution in [0.25, 0.3) is 11.0 Å². The van der Waals surface area contributed by atoms with E-state index in [2.05, 4.69) is 11.1 Å². The minimum Gasteiger partial charge on any atom is -0.376 e. The van der Waals surface area contributed by atoms with Crippen molar-refractivity contribution in [1.29, 1.82) is 5.26 Å². The van der Waals surface area contributed by atoms with Gasteiger partial charge in [0, 0.05) is 6.61 Å². The summed E-state index contributed by atoms with van der Waals surface area (Å²) in [7, 11) is 0. The fourth-order valence-electron chi connectivity index (χ4n) is 2.40. The fourth-order valence-corrected chi connectivity index (χ4v) is 2.68. The van der Waals surface area contributed by atoms with Crippen LogP contribution in [0.1, 0.15) is 18.4 Å². The van der Waals surface area contributed by atoms with Gasteiger partial charge in [-0.2, -0.15) is 5.26 Å². The topological polar surface area (TPSA) is 53.7 Å². The highest BCUT2D eigenvalue weighted by atomic mass is 32.1. The lowest BCUT2D eigenvalue weighted by atomic mass is 10.2. The highest BCUT2D eigenvalue weighted by molar-refractivity contribution is 7.71. The van der Waals surface area contributed by atoms with E-state index in [0.29, 0.717) is 10.3 Å².